The molecule has 0 atom stereocenters. The number of anilines is 1. The van der Waals surface area contributed by atoms with Crippen molar-refractivity contribution < 1.29 is 18.7 Å². The maximum absolute atomic E-state index is 13.2. The zero-order valence-electron chi connectivity index (χ0n) is 14.5. The molecule has 0 fully saturated rings. The third-order valence-electron chi connectivity index (χ3n) is 4.46. The summed E-state index contributed by atoms with van der Waals surface area (Å²) in [5, 5.41) is 12.6. The molecule has 8 heteroatoms. The summed E-state index contributed by atoms with van der Waals surface area (Å²) < 4.78 is 18.8. The molecule has 7 nitrogen and oxygen atoms in total. The fourth-order valence-electron chi connectivity index (χ4n) is 3.11. The maximum Gasteiger partial charge on any atom is 0.338 e. The van der Waals surface area contributed by atoms with Crippen LogP contribution in [0.1, 0.15) is 10.4 Å². The number of fused-ring (bicyclic) bond motifs is 1. The number of aromatic carboxylic acids is 1. The Morgan fingerprint density at radius 2 is 1.82 bits per heavy atom. The molecule has 0 radical (unpaired) electrons. The lowest BCUT2D eigenvalue weighted by atomic mass is 9.98. The van der Waals surface area contributed by atoms with Crippen molar-refractivity contribution in [1.29, 1.82) is 0 Å². The predicted molar refractivity (Wildman–Crippen MR) is 100 cm³/mol. The SMILES string of the molecule is CNc1ccc2[nH]c3c(C(=O)O)c(-c4ccc(F)cc4)c(=O)c(=O)c=3oc2c1. The summed E-state index contributed by atoms with van der Waals surface area (Å²) in [6.07, 6.45) is 0. The van der Waals surface area contributed by atoms with Crippen molar-refractivity contribution in [2.45, 2.75) is 0 Å². The lowest BCUT2D eigenvalue weighted by Crippen LogP contribution is -2.30. The molecule has 140 valence electrons. The van der Waals surface area contributed by atoms with Gasteiger partial charge in [-0.05, 0) is 29.8 Å². The lowest BCUT2D eigenvalue weighted by Gasteiger charge is -2.09. The standard InChI is InChI=1S/C20H13FN2O5/c1-22-11-6-7-12-13(8-11)28-19-16(23-12)15(20(26)27)14(17(24)18(19)25)9-2-4-10(21)5-3-9/h2-8,22-23H,1H3,(H,26,27). The third-order valence-corrected chi connectivity index (χ3v) is 4.46. The Kier molecular flexibility index (Phi) is 3.96. The number of halogens is 1. The molecule has 0 unspecified atom stereocenters. The minimum absolute atomic E-state index is 0.110. The van der Waals surface area contributed by atoms with E-state index in [-0.39, 0.29) is 27.5 Å². The summed E-state index contributed by atoms with van der Waals surface area (Å²) in [5.74, 6) is -1.97. The highest BCUT2D eigenvalue weighted by molar-refractivity contribution is 5.96. The number of benzene rings is 2. The molecule has 0 saturated heterocycles. The topological polar surface area (TPSA) is 112 Å². The molecule has 0 bridgehead atoms. The second kappa shape index (κ2) is 6.34. The van der Waals surface area contributed by atoms with Gasteiger partial charge in [0.2, 0.25) is 10.8 Å². The molecule has 28 heavy (non-hydrogen) atoms. The Hall–Kier alpha value is -3.94. The van der Waals surface area contributed by atoms with E-state index >= 15 is 0 Å². The average Bonchev–Trinajstić information content (AvgIpc) is 2.69. The van der Waals surface area contributed by atoms with Gasteiger partial charge in [0.1, 0.15) is 11.2 Å². The van der Waals surface area contributed by atoms with E-state index in [0.717, 1.165) is 12.1 Å². The van der Waals surface area contributed by atoms with E-state index in [2.05, 4.69) is 10.3 Å². The van der Waals surface area contributed by atoms with Crippen LogP contribution in [0.2, 0.25) is 0 Å². The number of hydrogen-bond donors (Lipinski definition) is 3. The van der Waals surface area contributed by atoms with Crippen LogP contribution >= 0.6 is 0 Å². The Morgan fingerprint density at radius 3 is 2.46 bits per heavy atom. The molecule has 0 saturated carbocycles. The van der Waals surface area contributed by atoms with Crippen LogP contribution in [0, 0.1) is 16.6 Å². The largest absolute Gasteiger partial charge is 0.478 e. The molecule has 3 N–H and O–H groups in total. The minimum Gasteiger partial charge on any atom is -0.478 e. The van der Waals surface area contributed by atoms with Crippen LogP contribution in [0.5, 0.6) is 0 Å². The van der Waals surface area contributed by atoms with Gasteiger partial charge >= 0.3 is 5.97 Å². The van der Waals surface area contributed by atoms with Gasteiger partial charge in [0, 0.05) is 18.8 Å². The molecule has 0 spiro atoms. The smallest absolute Gasteiger partial charge is 0.338 e. The maximum atomic E-state index is 13.2. The minimum atomic E-state index is -1.42. The molecule has 2 aromatic rings. The number of aromatic nitrogens is 1. The van der Waals surface area contributed by atoms with Crippen molar-refractivity contribution in [2.75, 3.05) is 12.4 Å². The molecule has 2 aromatic carbocycles. The molecule has 1 aliphatic carbocycles. The van der Waals surface area contributed by atoms with Gasteiger partial charge in [-0.1, -0.05) is 12.1 Å². The van der Waals surface area contributed by atoms with E-state index in [4.69, 9.17) is 4.42 Å². The van der Waals surface area contributed by atoms with Crippen LogP contribution in [0.4, 0.5) is 10.1 Å². The van der Waals surface area contributed by atoms with Crippen molar-refractivity contribution in [1.82, 2.24) is 4.98 Å². The van der Waals surface area contributed by atoms with Crippen molar-refractivity contribution >= 4 is 22.8 Å². The Labute approximate surface area is 155 Å². The molecule has 0 aromatic heterocycles. The Balaban J connectivity index is 2.22. The fourth-order valence-corrected chi connectivity index (χ4v) is 3.11. The molecule has 1 aliphatic heterocycles. The van der Waals surface area contributed by atoms with Gasteiger partial charge in [-0.3, -0.25) is 9.59 Å². The van der Waals surface area contributed by atoms with E-state index in [0.29, 0.717) is 11.2 Å². The number of hydrogen-bond acceptors (Lipinski definition) is 5. The van der Waals surface area contributed by atoms with Gasteiger partial charge in [-0.2, -0.15) is 0 Å². The van der Waals surface area contributed by atoms with Crippen LogP contribution in [-0.4, -0.2) is 23.1 Å². The van der Waals surface area contributed by atoms with E-state index in [1.807, 2.05) is 0 Å². The van der Waals surface area contributed by atoms with Crippen LogP contribution in [0.25, 0.3) is 22.2 Å². The normalized spacial score (nSPS) is 11.1. The number of rotatable bonds is 3. The second-order valence-electron chi connectivity index (χ2n) is 6.11. The van der Waals surface area contributed by atoms with Gasteiger partial charge in [-0.15, -0.1) is 0 Å². The summed E-state index contributed by atoms with van der Waals surface area (Å²) >= 11 is 0. The first-order valence-electron chi connectivity index (χ1n) is 8.24. The second-order valence-corrected chi connectivity index (χ2v) is 6.11. The van der Waals surface area contributed by atoms with Crippen LogP contribution in [0.3, 0.4) is 0 Å². The molecule has 4 rings (SSSR count). The van der Waals surface area contributed by atoms with Gasteiger partial charge in [0.15, 0.2) is 5.58 Å². The van der Waals surface area contributed by atoms with Gasteiger partial charge in [0.05, 0.1) is 16.6 Å². The third kappa shape index (κ3) is 2.62. The highest BCUT2D eigenvalue weighted by atomic mass is 19.1. The number of carboxylic acid groups (broad SMARTS) is 1. The molecule has 1 heterocycles. The Bertz CT molecular complexity index is 1420. The fraction of sp³-hybridized carbons (Fsp3) is 0.0500. The summed E-state index contributed by atoms with van der Waals surface area (Å²) in [4.78, 5) is 40.2. The first kappa shape index (κ1) is 17.5. The summed E-state index contributed by atoms with van der Waals surface area (Å²) in [6.45, 7) is 0. The lowest BCUT2D eigenvalue weighted by molar-refractivity contribution is 0.0695. The zero-order valence-corrected chi connectivity index (χ0v) is 14.5. The predicted octanol–water partition coefficient (Wildman–Crippen LogP) is 2.75. The average molecular weight is 380 g/mol. The van der Waals surface area contributed by atoms with E-state index < -0.39 is 28.2 Å². The van der Waals surface area contributed by atoms with Crippen LogP contribution < -0.4 is 16.2 Å². The monoisotopic (exact) mass is 380 g/mol. The number of H-pyrrole nitrogens is 1. The summed E-state index contributed by atoms with van der Waals surface area (Å²) in [5.41, 5.74) is -1.56. The van der Waals surface area contributed by atoms with Crippen molar-refractivity contribution in [3.63, 3.8) is 0 Å². The number of carboxylic acids is 1. The van der Waals surface area contributed by atoms with Crippen LogP contribution in [-0.2, 0) is 0 Å². The zero-order chi connectivity index (χ0) is 20.0. The number of aromatic amines is 1. The summed E-state index contributed by atoms with van der Waals surface area (Å²) in [6, 6.07) is 9.68. The van der Waals surface area contributed by atoms with E-state index in [1.165, 1.54) is 12.1 Å². The molecule has 2 aliphatic rings. The highest BCUT2D eigenvalue weighted by Gasteiger charge is 2.23. The molecular weight excluding hydrogens is 367 g/mol. The molecule has 0 amide bonds. The number of nitrogens with one attached hydrogen (secondary N) is 2. The quantitative estimate of drug-likeness (QED) is 0.471. The van der Waals surface area contributed by atoms with E-state index in [9.17, 15) is 23.9 Å². The van der Waals surface area contributed by atoms with Crippen molar-refractivity contribution in [2.24, 2.45) is 0 Å². The number of carbonyl (C=O) groups is 1. The van der Waals surface area contributed by atoms with Gasteiger partial charge in [-0.25, -0.2) is 9.18 Å². The first-order chi connectivity index (χ1) is 13.4. The first-order valence-corrected chi connectivity index (χ1v) is 8.24. The van der Waals surface area contributed by atoms with Gasteiger partial charge < -0.3 is 19.8 Å². The van der Waals surface area contributed by atoms with E-state index in [1.54, 1.807) is 25.2 Å². The summed E-state index contributed by atoms with van der Waals surface area (Å²) in [7, 11) is 1.71. The molecular formula is C20H13FN2O5. The van der Waals surface area contributed by atoms with Crippen molar-refractivity contribution in [3.05, 3.63) is 85.1 Å². The highest BCUT2D eigenvalue weighted by Crippen LogP contribution is 2.23. The van der Waals surface area contributed by atoms with Crippen molar-refractivity contribution in [3.8, 4) is 11.1 Å². The van der Waals surface area contributed by atoms with Gasteiger partial charge in [0.25, 0.3) is 5.43 Å². The Morgan fingerprint density at radius 1 is 1.11 bits per heavy atom. The van der Waals surface area contributed by atoms with Crippen LogP contribution in [0.15, 0.2) is 56.5 Å².